The number of hydrogen-bond donors (Lipinski definition) is 0. The Morgan fingerprint density at radius 1 is 1.18 bits per heavy atom. The molecule has 3 rings (SSSR count). The van der Waals surface area contributed by atoms with Gasteiger partial charge in [0, 0.05) is 17.5 Å². The third kappa shape index (κ3) is 4.06. The average Bonchev–Trinajstić information content (AvgIpc) is 2.68. The molecule has 2 aromatic carbocycles. The van der Waals surface area contributed by atoms with Crippen LogP contribution in [0.3, 0.4) is 0 Å². The Morgan fingerprint density at radius 2 is 1.86 bits per heavy atom. The highest BCUT2D eigenvalue weighted by Gasteiger charge is 2.43. The quantitative estimate of drug-likeness (QED) is 0.472. The molecule has 8 heteroatoms. The van der Waals surface area contributed by atoms with Gasteiger partial charge in [0.15, 0.2) is 21.4 Å². The molecular weight excluding hydrogens is 410 g/mol. The van der Waals surface area contributed by atoms with Crippen LogP contribution in [0, 0.1) is 17.6 Å². The summed E-state index contributed by atoms with van der Waals surface area (Å²) in [4.78, 5) is -0.0181. The molecule has 0 bridgehead atoms. The van der Waals surface area contributed by atoms with E-state index >= 15 is 0 Å². The van der Waals surface area contributed by atoms with Crippen molar-refractivity contribution in [3.05, 3.63) is 71.3 Å². The molecule has 4 nitrogen and oxygen atoms in total. The Bertz CT molecular complexity index is 961. The lowest BCUT2D eigenvalue weighted by Gasteiger charge is -2.33. The molecule has 0 aliphatic carbocycles. The first-order valence-electron chi connectivity index (χ1n) is 8.65. The van der Waals surface area contributed by atoms with Gasteiger partial charge < -0.3 is 9.47 Å². The van der Waals surface area contributed by atoms with E-state index < -0.39 is 32.6 Å². The van der Waals surface area contributed by atoms with E-state index in [-0.39, 0.29) is 29.4 Å². The summed E-state index contributed by atoms with van der Waals surface area (Å²) < 4.78 is 66.4. The fourth-order valence-corrected chi connectivity index (χ4v) is 5.48. The SMILES string of the molecule is C=CCOCC[C@H]1COc2c(F)ccc(F)c2[C@@H]1S(=O)(=O)c1ccc(Cl)cc1. The molecule has 0 spiro atoms. The second-order valence-electron chi connectivity index (χ2n) is 6.41. The zero-order valence-electron chi connectivity index (χ0n) is 14.9. The standard InChI is InChI=1S/C20H19ClF2O4S/c1-2-10-26-11-9-13-12-27-19-17(23)8-7-16(22)18(19)20(13)28(24,25)15-5-3-14(21)4-6-15/h2-8,13,20H,1,9-12H2/t13-,20+/m0/s1. The number of rotatable bonds is 7. The molecule has 150 valence electrons. The Morgan fingerprint density at radius 3 is 2.54 bits per heavy atom. The van der Waals surface area contributed by atoms with Crippen LogP contribution in [0.15, 0.2) is 53.9 Å². The van der Waals surface area contributed by atoms with Crippen molar-refractivity contribution in [2.45, 2.75) is 16.6 Å². The van der Waals surface area contributed by atoms with Crippen molar-refractivity contribution in [1.29, 1.82) is 0 Å². The summed E-state index contributed by atoms with van der Waals surface area (Å²) in [6.07, 6.45) is 1.87. The molecule has 0 amide bonds. The molecular formula is C20H19ClF2O4S. The van der Waals surface area contributed by atoms with Gasteiger partial charge in [-0.3, -0.25) is 0 Å². The Kier molecular flexibility index (Phi) is 6.37. The third-order valence-corrected chi connectivity index (χ3v) is 7.06. The maximum Gasteiger partial charge on any atom is 0.186 e. The molecule has 0 saturated carbocycles. The van der Waals surface area contributed by atoms with Gasteiger partial charge in [0.1, 0.15) is 11.1 Å². The van der Waals surface area contributed by atoms with Crippen LogP contribution in [0.5, 0.6) is 5.75 Å². The predicted molar refractivity (Wildman–Crippen MR) is 102 cm³/mol. The normalized spacial score (nSPS) is 19.0. The van der Waals surface area contributed by atoms with Gasteiger partial charge in [-0.05, 0) is 42.8 Å². The van der Waals surface area contributed by atoms with Crippen LogP contribution in [0.2, 0.25) is 5.02 Å². The molecule has 0 fully saturated rings. The summed E-state index contributed by atoms with van der Waals surface area (Å²) in [5.41, 5.74) is -0.282. The highest BCUT2D eigenvalue weighted by Crippen LogP contribution is 2.46. The van der Waals surface area contributed by atoms with Crippen molar-refractivity contribution in [2.24, 2.45) is 5.92 Å². The second-order valence-corrected chi connectivity index (χ2v) is 8.92. The summed E-state index contributed by atoms with van der Waals surface area (Å²) >= 11 is 5.85. The van der Waals surface area contributed by atoms with E-state index in [1.54, 1.807) is 6.08 Å². The molecule has 0 aromatic heterocycles. The van der Waals surface area contributed by atoms with Gasteiger partial charge in [-0.1, -0.05) is 17.7 Å². The highest BCUT2D eigenvalue weighted by atomic mass is 35.5. The van der Waals surface area contributed by atoms with Crippen LogP contribution in [-0.4, -0.2) is 28.2 Å². The molecule has 0 saturated heterocycles. The van der Waals surface area contributed by atoms with E-state index in [2.05, 4.69) is 6.58 Å². The lowest BCUT2D eigenvalue weighted by molar-refractivity contribution is 0.119. The van der Waals surface area contributed by atoms with Gasteiger partial charge in [0.2, 0.25) is 0 Å². The van der Waals surface area contributed by atoms with Crippen molar-refractivity contribution in [1.82, 2.24) is 0 Å². The lowest BCUT2D eigenvalue weighted by Crippen LogP contribution is -2.33. The van der Waals surface area contributed by atoms with Gasteiger partial charge >= 0.3 is 0 Å². The van der Waals surface area contributed by atoms with Crippen molar-refractivity contribution < 1.29 is 26.7 Å². The topological polar surface area (TPSA) is 52.6 Å². The summed E-state index contributed by atoms with van der Waals surface area (Å²) in [5.74, 6) is -2.59. The van der Waals surface area contributed by atoms with Crippen molar-refractivity contribution in [2.75, 3.05) is 19.8 Å². The van der Waals surface area contributed by atoms with Crippen LogP contribution in [0.4, 0.5) is 8.78 Å². The predicted octanol–water partition coefficient (Wildman–Crippen LogP) is 4.73. The van der Waals surface area contributed by atoms with Crippen LogP contribution in [-0.2, 0) is 14.6 Å². The number of sulfone groups is 1. The van der Waals surface area contributed by atoms with Gasteiger partial charge in [0.05, 0.1) is 23.7 Å². The van der Waals surface area contributed by atoms with Crippen LogP contribution in [0.1, 0.15) is 17.2 Å². The van der Waals surface area contributed by atoms with Crippen LogP contribution >= 0.6 is 11.6 Å². The third-order valence-electron chi connectivity index (χ3n) is 4.59. The monoisotopic (exact) mass is 428 g/mol. The number of halogens is 3. The van der Waals surface area contributed by atoms with Crippen LogP contribution < -0.4 is 4.74 Å². The minimum absolute atomic E-state index is 0.0181. The van der Waals surface area contributed by atoms with E-state index in [9.17, 15) is 17.2 Å². The van der Waals surface area contributed by atoms with Crippen LogP contribution in [0.25, 0.3) is 0 Å². The second kappa shape index (κ2) is 8.59. The smallest absolute Gasteiger partial charge is 0.186 e. The summed E-state index contributed by atoms with van der Waals surface area (Å²) in [6.45, 7) is 4.02. The fourth-order valence-electron chi connectivity index (χ4n) is 3.29. The first-order chi connectivity index (χ1) is 13.4. The maximum absolute atomic E-state index is 14.7. The highest BCUT2D eigenvalue weighted by molar-refractivity contribution is 7.91. The summed E-state index contributed by atoms with van der Waals surface area (Å²) in [6, 6.07) is 7.44. The minimum atomic E-state index is -4.04. The molecule has 0 unspecified atom stereocenters. The minimum Gasteiger partial charge on any atom is -0.490 e. The van der Waals surface area contributed by atoms with E-state index in [0.717, 1.165) is 12.1 Å². The Hall–Kier alpha value is -1.96. The van der Waals surface area contributed by atoms with Gasteiger partial charge in [0.25, 0.3) is 0 Å². The maximum atomic E-state index is 14.7. The van der Waals surface area contributed by atoms with Gasteiger partial charge in [-0.2, -0.15) is 0 Å². The molecule has 0 radical (unpaired) electrons. The number of benzene rings is 2. The Balaban J connectivity index is 2.07. The van der Waals surface area contributed by atoms with Gasteiger partial charge in [-0.15, -0.1) is 6.58 Å². The molecule has 1 aliphatic rings. The largest absolute Gasteiger partial charge is 0.490 e. The van der Waals surface area contributed by atoms with Crippen molar-refractivity contribution in [3.63, 3.8) is 0 Å². The zero-order valence-corrected chi connectivity index (χ0v) is 16.5. The van der Waals surface area contributed by atoms with Crippen molar-refractivity contribution in [3.8, 4) is 5.75 Å². The molecule has 0 N–H and O–H groups in total. The molecule has 28 heavy (non-hydrogen) atoms. The first kappa shape index (κ1) is 20.8. The zero-order chi connectivity index (χ0) is 20.3. The number of fused-ring (bicyclic) bond motifs is 1. The Labute approximate surface area is 167 Å². The van der Waals surface area contributed by atoms with Gasteiger partial charge in [-0.25, -0.2) is 17.2 Å². The molecule has 2 aromatic rings. The first-order valence-corrected chi connectivity index (χ1v) is 10.6. The fraction of sp³-hybridized carbons (Fsp3) is 0.300. The van der Waals surface area contributed by atoms with Crippen molar-refractivity contribution >= 4 is 21.4 Å². The summed E-state index contributed by atoms with van der Waals surface area (Å²) in [7, 11) is -4.04. The van der Waals surface area contributed by atoms with E-state index in [1.165, 1.54) is 24.3 Å². The molecule has 1 aliphatic heterocycles. The molecule has 2 atom stereocenters. The number of ether oxygens (including phenoxy) is 2. The van der Waals surface area contributed by atoms with E-state index in [4.69, 9.17) is 21.1 Å². The van der Waals surface area contributed by atoms with E-state index in [0.29, 0.717) is 18.1 Å². The number of hydrogen-bond acceptors (Lipinski definition) is 4. The molecule has 1 heterocycles. The summed E-state index contributed by atoms with van der Waals surface area (Å²) in [5, 5.41) is -0.932. The lowest BCUT2D eigenvalue weighted by atomic mass is 9.93. The van der Waals surface area contributed by atoms with E-state index in [1.807, 2.05) is 0 Å². The average molecular weight is 429 g/mol.